The van der Waals surface area contributed by atoms with Gasteiger partial charge in [-0.15, -0.1) is 11.8 Å². The number of ether oxygens (including phenoxy) is 1. The molecule has 0 saturated carbocycles. The number of thioether (sulfide) groups is 1. The van der Waals surface area contributed by atoms with Crippen molar-refractivity contribution in [3.8, 4) is 0 Å². The van der Waals surface area contributed by atoms with Gasteiger partial charge in [0.05, 0.1) is 18.1 Å². The van der Waals surface area contributed by atoms with E-state index < -0.39 is 11.9 Å². The van der Waals surface area contributed by atoms with Gasteiger partial charge in [-0.25, -0.2) is 4.79 Å². The molecule has 0 radical (unpaired) electrons. The molecule has 7 heteroatoms. The van der Waals surface area contributed by atoms with E-state index in [0.717, 1.165) is 10.6 Å². The van der Waals surface area contributed by atoms with E-state index in [1.54, 1.807) is 47.9 Å². The maximum Gasteiger partial charge on any atom is 0.338 e. The maximum absolute atomic E-state index is 12.6. The number of nitrogens with zero attached hydrogens (tertiary/aromatic N) is 1. The van der Waals surface area contributed by atoms with Crippen LogP contribution in [0, 0.1) is 5.92 Å². The van der Waals surface area contributed by atoms with E-state index in [0.29, 0.717) is 24.4 Å². The molecule has 0 aromatic heterocycles. The zero-order chi connectivity index (χ0) is 20.1. The average Bonchev–Trinajstić information content (AvgIpc) is 3.10. The zero-order valence-electron chi connectivity index (χ0n) is 15.8. The fourth-order valence-electron chi connectivity index (χ4n) is 3.06. The predicted octanol–water partition coefficient (Wildman–Crippen LogP) is 3.58. The standard InChI is InChI=1S/C21H22N2O4S/c1-3-27-21(26)14-7-9-16(10-8-14)22-20(25)15-11-19(24)23(13-15)17-5-4-6-18(12-17)28-2/h4-10,12,15H,3,11,13H2,1-2H3,(H,22,25). The first kappa shape index (κ1) is 19.9. The number of carbonyl (C=O) groups is 3. The third kappa shape index (κ3) is 4.54. The molecule has 6 nitrogen and oxygen atoms in total. The minimum Gasteiger partial charge on any atom is -0.462 e. The molecule has 2 aromatic rings. The SMILES string of the molecule is CCOC(=O)c1ccc(NC(=O)C2CC(=O)N(c3cccc(SC)c3)C2)cc1. The number of nitrogens with one attached hydrogen (secondary N) is 1. The second-order valence-corrected chi connectivity index (χ2v) is 7.27. The Morgan fingerprint density at radius 1 is 1.21 bits per heavy atom. The topological polar surface area (TPSA) is 75.7 Å². The summed E-state index contributed by atoms with van der Waals surface area (Å²) in [5.41, 5.74) is 1.81. The normalized spacial score (nSPS) is 16.1. The Balaban J connectivity index is 1.63. The molecular weight excluding hydrogens is 376 g/mol. The Bertz CT molecular complexity index is 882. The molecule has 0 bridgehead atoms. The van der Waals surface area contributed by atoms with Crippen molar-refractivity contribution in [1.82, 2.24) is 0 Å². The van der Waals surface area contributed by atoms with Crippen molar-refractivity contribution >= 4 is 40.9 Å². The van der Waals surface area contributed by atoms with Gasteiger partial charge in [-0.3, -0.25) is 9.59 Å². The highest BCUT2D eigenvalue weighted by atomic mass is 32.2. The molecule has 1 aliphatic rings. The van der Waals surface area contributed by atoms with Crippen molar-refractivity contribution in [2.45, 2.75) is 18.2 Å². The molecule has 1 saturated heterocycles. The van der Waals surface area contributed by atoms with Crippen LogP contribution in [-0.2, 0) is 14.3 Å². The lowest BCUT2D eigenvalue weighted by Crippen LogP contribution is -2.28. The summed E-state index contributed by atoms with van der Waals surface area (Å²) in [6.45, 7) is 2.41. The second-order valence-electron chi connectivity index (χ2n) is 6.39. The van der Waals surface area contributed by atoms with Gasteiger partial charge in [-0.1, -0.05) is 6.07 Å². The van der Waals surface area contributed by atoms with Crippen LogP contribution in [0.3, 0.4) is 0 Å². The van der Waals surface area contributed by atoms with Gasteiger partial charge in [0.2, 0.25) is 11.8 Å². The van der Waals surface area contributed by atoms with Gasteiger partial charge in [0.15, 0.2) is 0 Å². The van der Waals surface area contributed by atoms with Gasteiger partial charge >= 0.3 is 5.97 Å². The van der Waals surface area contributed by atoms with E-state index in [1.807, 2.05) is 30.5 Å². The fourth-order valence-corrected chi connectivity index (χ4v) is 3.51. The Kier molecular flexibility index (Phi) is 6.36. The lowest BCUT2D eigenvalue weighted by atomic mass is 10.1. The number of rotatable bonds is 6. The van der Waals surface area contributed by atoms with Crippen molar-refractivity contribution in [2.75, 3.05) is 29.6 Å². The summed E-state index contributed by atoms with van der Waals surface area (Å²) in [4.78, 5) is 39.4. The number of benzene rings is 2. The quantitative estimate of drug-likeness (QED) is 0.595. The monoisotopic (exact) mass is 398 g/mol. The van der Waals surface area contributed by atoms with E-state index in [4.69, 9.17) is 4.74 Å². The second kappa shape index (κ2) is 8.93. The molecule has 1 unspecified atom stereocenters. The number of hydrogen-bond acceptors (Lipinski definition) is 5. The molecule has 2 aromatic carbocycles. The number of hydrogen-bond donors (Lipinski definition) is 1. The number of anilines is 2. The van der Waals surface area contributed by atoms with Crippen molar-refractivity contribution in [1.29, 1.82) is 0 Å². The maximum atomic E-state index is 12.6. The van der Waals surface area contributed by atoms with Crippen LogP contribution in [0.25, 0.3) is 0 Å². The van der Waals surface area contributed by atoms with E-state index in [-0.39, 0.29) is 18.2 Å². The van der Waals surface area contributed by atoms with Crippen LogP contribution in [-0.4, -0.2) is 37.2 Å². The van der Waals surface area contributed by atoms with Gasteiger partial charge in [0.1, 0.15) is 0 Å². The van der Waals surface area contributed by atoms with Gasteiger partial charge in [0.25, 0.3) is 0 Å². The van der Waals surface area contributed by atoms with Crippen LogP contribution in [0.5, 0.6) is 0 Å². The number of carbonyl (C=O) groups excluding carboxylic acids is 3. The molecule has 0 aliphatic carbocycles. The minimum atomic E-state index is -0.421. The Labute approximate surface area is 168 Å². The van der Waals surface area contributed by atoms with Crippen molar-refractivity contribution in [3.05, 3.63) is 54.1 Å². The van der Waals surface area contributed by atoms with E-state index in [1.165, 1.54) is 0 Å². The summed E-state index contributed by atoms with van der Waals surface area (Å²) < 4.78 is 4.94. The van der Waals surface area contributed by atoms with Crippen molar-refractivity contribution in [2.24, 2.45) is 5.92 Å². The lowest BCUT2D eigenvalue weighted by molar-refractivity contribution is -0.122. The largest absolute Gasteiger partial charge is 0.462 e. The third-order valence-electron chi connectivity index (χ3n) is 4.52. The van der Waals surface area contributed by atoms with Gasteiger partial charge in [0, 0.05) is 29.2 Å². The molecule has 0 spiro atoms. The first-order chi connectivity index (χ1) is 13.5. The zero-order valence-corrected chi connectivity index (χ0v) is 16.6. The van der Waals surface area contributed by atoms with Crippen molar-refractivity contribution in [3.63, 3.8) is 0 Å². The molecule has 1 atom stereocenters. The first-order valence-corrected chi connectivity index (χ1v) is 10.3. The highest BCUT2D eigenvalue weighted by Crippen LogP contribution is 2.28. The first-order valence-electron chi connectivity index (χ1n) is 9.04. The lowest BCUT2D eigenvalue weighted by Gasteiger charge is -2.17. The summed E-state index contributed by atoms with van der Waals surface area (Å²) in [6, 6.07) is 14.2. The summed E-state index contributed by atoms with van der Waals surface area (Å²) in [5, 5.41) is 2.82. The Morgan fingerprint density at radius 3 is 2.64 bits per heavy atom. The highest BCUT2D eigenvalue weighted by Gasteiger charge is 2.35. The van der Waals surface area contributed by atoms with Gasteiger partial charge < -0.3 is 15.0 Å². The molecule has 28 heavy (non-hydrogen) atoms. The van der Waals surface area contributed by atoms with Gasteiger partial charge in [-0.05, 0) is 55.6 Å². The van der Waals surface area contributed by atoms with Crippen LogP contribution in [0.2, 0.25) is 0 Å². The van der Waals surface area contributed by atoms with Crippen molar-refractivity contribution < 1.29 is 19.1 Å². The van der Waals surface area contributed by atoms with E-state index in [9.17, 15) is 14.4 Å². The molecule has 1 heterocycles. The number of esters is 1. The fraction of sp³-hybridized carbons (Fsp3) is 0.286. The molecule has 146 valence electrons. The van der Waals surface area contributed by atoms with Crippen LogP contribution >= 0.6 is 11.8 Å². The smallest absolute Gasteiger partial charge is 0.338 e. The molecule has 2 amide bonds. The highest BCUT2D eigenvalue weighted by molar-refractivity contribution is 7.98. The van der Waals surface area contributed by atoms with E-state index >= 15 is 0 Å². The van der Waals surface area contributed by atoms with Gasteiger partial charge in [-0.2, -0.15) is 0 Å². The average molecular weight is 398 g/mol. The Morgan fingerprint density at radius 2 is 1.96 bits per heavy atom. The molecule has 1 aliphatic heterocycles. The summed E-state index contributed by atoms with van der Waals surface area (Å²) in [7, 11) is 0. The van der Waals surface area contributed by atoms with Crippen LogP contribution in [0.4, 0.5) is 11.4 Å². The molecule has 3 rings (SSSR count). The number of amides is 2. The van der Waals surface area contributed by atoms with Crippen LogP contribution in [0.1, 0.15) is 23.7 Å². The van der Waals surface area contributed by atoms with E-state index in [2.05, 4.69) is 5.32 Å². The summed E-state index contributed by atoms with van der Waals surface area (Å²) in [6.07, 6.45) is 2.16. The minimum absolute atomic E-state index is 0.0592. The molecular formula is C21H22N2O4S. The van der Waals surface area contributed by atoms with Crippen LogP contribution < -0.4 is 10.2 Å². The predicted molar refractivity (Wildman–Crippen MR) is 110 cm³/mol. The molecule has 1 fully saturated rings. The molecule has 1 N–H and O–H groups in total. The van der Waals surface area contributed by atoms with Crippen LogP contribution in [0.15, 0.2) is 53.4 Å². The third-order valence-corrected chi connectivity index (χ3v) is 5.25. The summed E-state index contributed by atoms with van der Waals surface area (Å²) >= 11 is 1.61. The summed E-state index contributed by atoms with van der Waals surface area (Å²) in [5.74, 6) is -1.09. The Hall–Kier alpha value is -2.80.